The van der Waals surface area contributed by atoms with Crippen LogP contribution in [0.2, 0.25) is 0 Å². The van der Waals surface area contributed by atoms with Gasteiger partial charge in [-0.2, -0.15) is 0 Å². The van der Waals surface area contributed by atoms with Crippen LogP contribution in [0, 0.1) is 10.1 Å². The number of carbonyl (C=O) groups excluding carboxylic acids is 1. The average molecular weight is 161 g/mol. The van der Waals surface area contributed by atoms with Crippen molar-refractivity contribution in [1.82, 2.24) is 0 Å². The SMILES string of the molecule is CC(=O)C(CC(=O)O)[N+](=O)[O-]. The van der Waals surface area contributed by atoms with Gasteiger partial charge in [-0.3, -0.25) is 19.7 Å². The van der Waals surface area contributed by atoms with Gasteiger partial charge in [-0.25, -0.2) is 0 Å². The predicted molar refractivity (Wildman–Crippen MR) is 33.7 cm³/mol. The largest absolute Gasteiger partial charge is 0.481 e. The van der Waals surface area contributed by atoms with Gasteiger partial charge in [0.15, 0.2) is 0 Å². The van der Waals surface area contributed by atoms with Gasteiger partial charge >= 0.3 is 5.97 Å². The first-order valence-corrected chi connectivity index (χ1v) is 2.81. The highest BCUT2D eigenvalue weighted by Gasteiger charge is 2.28. The fraction of sp³-hybridized carbons (Fsp3) is 0.600. The predicted octanol–water partition coefficient (Wildman–Crippen LogP) is -0.305. The Labute approximate surface area is 62.0 Å². The summed E-state index contributed by atoms with van der Waals surface area (Å²) in [5.41, 5.74) is 0. The highest BCUT2D eigenvalue weighted by Crippen LogP contribution is 1.98. The molecular formula is C5H7NO5. The van der Waals surface area contributed by atoms with Gasteiger partial charge in [-0.15, -0.1) is 0 Å². The summed E-state index contributed by atoms with van der Waals surface area (Å²) in [4.78, 5) is 29.5. The van der Waals surface area contributed by atoms with E-state index >= 15 is 0 Å². The third-order valence-electron chi connectivity index (χ3n) is 1.09. The molecule has 0 spiro atoms. The summed E-state index contributed by atoms with van der Waals surface area (Å²) >= 11 is 0. The van der Waals surface area contributed by atoms with E-state index in [9.17, 15) is 19.7 Å². The van der Waals surface area contributed by atoms with Crippen molar-refractivity contribution in [2.24, 2.45) is 0 Å². The number of Topliss-reactive ketones (excluding diaryl/α,β-unsaturated/α-hetero) is 1. The Hall–Kier alpha value is -1.46. The van der Waals surface area contributed by atoms with Crippen molar-refractivity contribution in [2.45, 2.75) is 19.4 Å². The second kappa shape index (κ2) is 3.65. The van der Waals surface area contributed by atoms with E-state index in [0.29, 0.717) is 0 Å². The summed E-state index contributed by atoms with van der Waals surface area (Å²) in [5.74, 6) is -2.08. The monoisotopic (exact) mass is 161 g/mol. The lowest BCUT2D eigenvalue weighted by molar-refractivity contribution is -0.506. The number of carboxylic acid groups (broad SMARTS) is 1. The molecule has 0 saturated heterocycles. The number of nitro groups is 1. The van der Waals surface area contributed by atoms with Gasteiger partial charge in [0.2, 0.25) is 5.78 Å². The molecule has 0 radical (unpaired) electrons. The number of nitrogens with zero attached hydrogens (tertiary/aromatic N) is 1. The molecule has 0 aliphatic heterocycles. The van der Waals surface area contributed by atoms with E-state index in [2.05, 4.69) is 0 Å². The van der Waals surface area contributed by atoms with E-state index in [4.69, 9.17) is 5.11 Å². The number of hydrogen-bond donors (Lipinski definition) is 1. The highest BCUT2D eigenvalue weighted by atomic mass is 16.6. The lowest BCUT2D eigenvalue weighted by atomic mass is 10.1. The summed E-state index contributed by atoms with van der Waals surface area (Å²) < 4.78 is 0. The molecule has 0 aliphatic carbocycles. The van der Waals surface area contributed by atoms with E-state index in [-0.39, 0.29) is 0 Å². The molecule has 0 rings (SSSR count). The number of carboxylic acids is 1. The molecule has 0 aromatic rings. The molecular weight excluding hydrogens is 154 g/mol. The molecule has 6 nitrogen and oxygen atoms in total. The minimum absolute atomic E-state index is 0.739. The maximum absolute atomic E-state index is 10.4. The van der Waals surface area contributed by atoms with Crippen LogP contribution >= 0.6 is 0 Å². The molecule has 0 aliphatic rings. The summed E-state index contributed by atoms with van der Waals surface area (Å²) in [5, 5.41) is 18.1. The number of ketones is 1. The third-order valence-corrected chi connectivity index (χ3v) is 1.09. The Morgan fingerprint density at radius 2 is 2.09 bits per heavy atom. The molecule has 0 amide bonds. The van der Waals surface area contributed by atoms with Crippen LogP contribution in [-0.2, 0) is 9.59 Å². The summed E-state index contributed by atoms with van der Waals surface area (Å²) in [6.45, 7) is 0.996. The van der Waals surface area contributed by atoms with Crippen molar-refractivity contribution in [2.75, 3.05) is 0 Å². The Morgan fingerprint density at radius 1 is 1.64 bits per heavy atom. The van der Waals surface area contributed by atoms with Gasteiger partial charge in [0, 0.05) is 11.8 Å². The molecule has 1 unspecified atom stereocenters. The van der Waals surface area contributed by atoms with E-state index in [1.165, 1.54) is 0 Å². The molecule has 0 bridgehead atoms. The molecule has 0 saturated carbocycles. The van der Waals surface area contributed by atoms with Gasteiger partial charge < -0.3 is 5.11 Å². The number of rotatable bonds is 4. The van der Waals surface area contributed by atoms with E-state index in [0.717, 1.165) is 6.92 Å². The number of carbonyl (C=O) groups is 2. The van der Waals surface area contributed by atoms with Crippen molar-refractivity contribution in [3.05, 3.63) is 10.1 Å². The maximum atomic E-state index is 10.4. The standard InChI is InChI=1S/C5H7NO5/c1-3(7)4(6(10)11)2-5(8)9/h4H,2H2,1H3,(H,8,9). The fourth-order valence-corrected chi connectivity index (χ4v) is 0.532. The smallest absolute Gasteiger partial charge is 0.310 e. The van der Waals surface area contributed by atoms with Crippen LogP contribution in [0.15, 0.2) is 0 Å². The van der Waals surface area contributed by atoms with E-state index in [1.54, 1.807) is 0 Å². The first-order chi connectivity index (χ1) is 4.95. The van der Waals surface area contributed by atoms with Gasteiger partial charge in [0.1, 0.15) is 6.42 Å². The van der Waals surface area contributed by atoms with Crippen molar-refractivity contribution in [1.29, 1.82) is 0 Å². The molecule has 1 atom stereocenters. The first-order valence-electron chi connectivity index (χ1n) is 2.81. The Kier molecular flexibility index (Phi) is 3.16. The minimum Gasteiger partial charge on any atom is -0.481 e. The van der Waals surface area contributed by atoms with Crippen molar-refractivity contribution < 1.29 is 19.6 Å². The van der Waals surface area contributed by atoms with Gasteiger partial charge in [0.25, 0.3) is 6.04 Å². The third kappa shape index (κ3) is 3.29. The molecule has 0 aromatic carbocycles. The molecule has 6 heteroatoms. The molecule has 0 fully saturated rings. The van der Waals surface area contributed by atoms with Crippen LogP contribution < -0.4 is 0 Å². The molecule has 0 aromatic heterocycles. The quantitative estimate of drug-likeness (QED) is 0.450. The summed E-state index contributed by atoms with van der Waals surface area (Å²) in [6, 6.07) is -1.60. The Bertz CT molecular complexity index is 185. The van der Waals surface area contributed by atoms with Crippen LogP contribution in [0.4, 0.5) is 0 Å². The lowest BCUT2D eigenvalue weighted by Gasteiger charge is -2.00. The average Bonchev–Trinajstić information content (AvgIpc) is 1.81. The van der Waals surface area contributed by atoms with Crippen LogP contribution in [0.1, 0.15) is 13.3 Å². The van der Waals surface area contributed by atoms with E-state index in [1.807, 2.05) is 0 Å². The second-order valence-corrected chi connectivity index (χ2v) is 2.01. The lowest BCUT2D eigenvalue weighted by Crippen LogP contribution is -2.29. The number of hydrogen-bond acceptors (Lipinski definition) is 4. The zero-order valence-corrected chi connectivity index (χ0v) is 5.81. The molecule has 11 heavy (non-hydrogen) atoms. The van der Waals surface area contributed by atoms with Crippen molar-refractivity contribution >= 4 is 11.8 Å². The summed E-state index contributed by atoms with van der Waals surface area (Å²) in [7, 11) is 0. The first kappa shape index (κ1) is 9.54. The van der Waals surface area contributed by atoms with Crippen LogP contribution in [0.25, 0.3) is 0 Å². The minimum atomic E-state index is -1.60. The highest BCUT2D eigenvalue weighted by molar-refractivity contribution is 5.84. The summed E-state index contributed by atoms with van der Waals surface area (Å²) in [6.07, 6.45) is -0.748. The van der Waals surface area contributed by atoms with Crippen LogP contribution in [0.5, 0.6) is 0 Å². The maximum Gasteiger partial charge on any atom is 0.310 e. The number of aliphatic carboxylic acids is 1. The second-order valence-electron chi connectivity index (χ2n) is 2.01. The normalized spacial score (nSPS) is 12.1. The van der Waals surface area contributed by atoms with Crippen molar-refractivity contribution in [3.63, 3.8) is 0 Å². The zero-order chi connectivity index (χ0) is 9.02. The molecule has 62 valence electrons. The van der Waals surface area contributed by atoms with Crippen LogP contribution in [-0.4, -0.2) is 27.8 Å². The van der Waals surface area contributed by atoms with Gasteiger partial charge in [-0.1, -0.05) is 0 Å². The molecule has 0 heterocycles. The van der Waals surface area contributed by atoms with Gasteiger partial charge in [-0.05, 0) is 0 Å². The topological polar surface area (TPSA) is 97.5 Å². The Balaban J connectivity index is 4.23. The zero-order valence-electron chi connectivity index (χ0n) is 5.81. The fourth-order valence-electron chi connectivity index (χ4n) is 0.532. The van der Waals surface area contributed by atoms with Crippen LogP contribution in [0.3, 0.4) is 0 Å². The van der Waals surface area contributed by atoms with Gasteiger partial charge in [0.05, 0.1) is 0 Å². The molecule has 1 N–H and O–H groups in total. The van der Waals surface area contributed by atoms with Crippen molar-refractivity contribution in [3.8, 4) is 0 Å². The Morgan fingerprint density at radius 3 is 2.18 bits per heavy atom. The van der Waals surface area contributed by atoms with E-state index < -0.39 is 29.1 Å².